The maximum absolute atomic E-state index is 12.5. The minimum absolute atomic E-state index is 0.0362. The Hall–Kier alpha value is -1.61. The third-order valence-corrected chi connectivity index (χ3v) is 3.46. The fourth-order valence-electron chi connectivity index (χ4n) is 2.28. The first kappa shape index (κ1) is 18.4. The molecule has 0 aromatic carbocycles. The molecule has 0 aliphatic carbocycles. The second-order valence-electron chi connectivity index (χ2n) is 5.47. The Kier molecular flexibility index (Phi) is 4.65. The summed E-state index contributed by atoms with van der Waals surface area (Å²) in [5.74, 6) is -6.00. The average Bonchev–Trinajstić information content (AvgIpc) is 2.82. The van der Waals surface area contributed by atoms with E-state index in [0.29, 0.717) is 18.7 Å². The average molecular weight is 333 g/mol. The summed E-state index contributed by atoms with van der Waals surface area (Å²) in [4.78, 5) is 35.0. The summed E-state index contributed by atoms with van der Waals surface area (Å²) >= 11 is 0. The van der Waals surface area contributed by atoms with Crippen molar-refractivity contribution in [3.63, 3.8) is 0 Å². The summed E-state index contributed by atoms with van der Waals surface area (Å²) < 4.78 is 74.8. The Labute approximate surface area is 121 Å². The van der Waals surface area contributed by atoms with Gasteiger partial charge in [0.15, 0.2) is 0 Å². The first-order valence-corrected chi connectivity index (χ1v) is 6.24. The predicted molar refractivity (Wildman–Crippen MR) is 60.6 cm³/mol. The van der Waals surface area contributed by atoms with Gasteiger partial charge in [0.2, 0.25) is 5.91 Å². The monoisotopic (exact) mass is 333 g/mol. The van der Waals surface area contributed by atoms with Crippen molar-refractivity contribution >= 4 is 17.5 Å². The summed E-state index contributed by atoms with van der Waals surface area (Å²) in [5.41, 5.74) is -2.59. The molecular formula is C12H13F6NO3. The highest BCUT2D eigenvalue weighted by molar-refractivity contribution is 6.08. The number of nitrogens with zero attached hydrogens (tertiary/aromatic N) is 1. The normalized spacial score (nSPS) is 20.2. The molecule has 1 amide bonds. The van der Waals surface area contributed by atoms with Crippen LogP contribution in [0.15, 0.2) is 0 Å². The van der Waals surface area contributed by atoms with Crippen molar-refractivity contribution in [1.29, 1.82) is 0 Å². The van der Waals surface area contributed by atoms with Crippen molar-refractivity contribution in [2.45, 2.75) is 45.1 Å². The van der Waals surface area contributed by atoms with Crippen LogP contribution in [0, 0.1) is 5.41 Å². The highest BCUT2D eigenvalue weighted by atomic mass is 19.4. The molecule has 0 N–H and O–H groups in total. The number of halogens is 6. The molecule has 1 rings (SSSR count). The summed E-state index contributed by atoms with van der Waals surface area (Å²) in [5, 5.41) is 0. The van der Waals surface area contributed by atoms with Gasteiger partial charge in [-0.1, -0.05) is 0 Å². The summed E-state index contributed by atoms with van der Waals surface area (Å²) in [6.07, 6.45) is -10.8. The molecule has 1 aliphatic rings. The van der Waals surface area contributed by atoms with Crippen molar-refractivity contribution < 1.29 is 40.7 Å². The van der Waals surface area contributed by atoms with E-state index in [0.717, 1.165) is 0 Å². The van der Waals surface area contributed by atoms with Gasteiger partial charge in [0, 0.05) is 6.54 Å². The first-order valence-electron chi connectivity index (χ1n) is 6.24. The van der Waals surface area contributed by atoms with Crippen LogP contribution in [0.2, 0.25) is 0 Å². The van der Waals surface area contributed by atoms with Gasteiger partial charge < -0.3 is 4.90 Å². The van der Waals surface area contributed by atoms with Gasteiger partial charge in [0.1, 0.15) is 5.41 Å². The highest BCUT2D eigenvalue weighted by Gasteiger charge is 2.56. The smallest absolute Gasteiger partial charge is 0.331 e. The van der Waals surface area contributed by atoms with E-state index >= 15 is 0 Å². The molecule has 0 aromatic heterocycles. The Morgan fingerprint density at radius 3 is 1.86 bits per heavy atom. The number of carbonyl (C=O) groups excluding carboxylic acids is 3. The largest absolute Gasteiger partial charge is 0.452 e. The third kappa shape index (κ3) is 3.41. The van der Waals surface area contributed by atoms with E-state index in [1.807, 2.05) is 0 Å². The molecule has 1 atom stereocenters. The lowest BCUT2D eigenvalue weighted by molar-refractivity contribution is -0.186. The Bertz CT molecular complexity index is 494. The number of amides is 1. The molecule has 4 nitrogen and oxygen atoms in total. The second kappa shape index (κ2) is 5.54. The van der Waals surface area contributed by atoms with Gasteiger partial charge in [-0.25, -0.2) is 0 Å². The molecule has 1 saturated heterocycles. The Balaban J connectivity index is 3.06. The number of likely N-dealkylation sites (tertiary alicyclic amines) is 1. The summed E-state index contributed by atoms with van der Waals surface area (Å²) in [7, 11) is 0. The van der Waals surface area contributed by atoms with E-state index in [4.69, 9.17) is 0 Å². The fraction of sp³-hybridized carbons (Fsp3) is 0.750. The van der Waals surface area contributed by atoms with E-state index in [2.05, 4.69) is 0 Å². The second-order valence-corrected chi connectivity index (χ2v) is 5.47. The zero-order valence-corrected chi connectivity index (χ0v) is 11.6. The van der Waals surface area contributed by atoms with Crippen LogP contribution in [0.3, 0.4) is 0 Å². The van der Waals surface area contributed by atoms with E-state index in [1.54, 1.807) is 0 Å². The topological polar surface area (TPSA) is 54.5 Å². The maximum atomic E-state index is 12.5. The molecule has 1 heterocycles. The molecular weight excluding hydrogens is 320 g/mol. The lowest BCUT2D eigenvalue weighted by atomic mass is 9.85. The number of hydrogen-bond donors (Lipinski definition) is 0. The minimum atomic E-state index is -5.30. The highest BCUT2D eigenvalue weighted by Crippen LogP contribution is 2.34. The van der Waals surface area contributed by atoms with Crippen LogP contribution < -0.4 is 0 Å². The standard InChI is InChI=1S/C12H13F6NO3/c1-10(2,8(21)12(16,17)18)9(22)19-5-3-4-6(19)7(20)11(13,14)15/h6H,3-5H2,1-2H3. The van der Waals surface area contributed by atoms with Gasteiger partial charge in [-0.3, -0.25) is 14.4 Å². The molecule has 0 radical (unpaired) electrons. The zero-order valence-electron chi connectivity index (χ0n) is 11.6. The van der Waals surface area contributed by atoms with Gasteiger partial charge in [-0.05, 0) is 26.7 Å². The molecule has 0 aromatic rings. The molecule has 1 fully saturated rings. The van der Waals surface area contributed by atoms with Crippen molar-refractivity contribution in [3.05, 3.63) is 0 Å². The molecule has 126 valence electrons. The Morgan fingerprint density at radius 2 is 1.45 bits per heavy atom. The van der Waals surface area contributed by atoms with E-state index < -0.39 is 41.3 Å². The van der Waals surface area contributed by atoms with Crippen LogP contribution >= 0.6 is 0 Å². The fourth-order valence-corrected chi connectivity index (χ4v) is 2.28. The van der Waals surface area contributed by atoms with Crippen LogP contribution in [-0.4, -0.2) is 47.3 Å². The molecule has 22 heavy (non-hydrogen) atoms. The molecule has 0 spiro atoms. The molecule has 1 unspecified atom stereocenters. The number of Topliss-reactive ketones (excluding diaryl/α,β-unsaturated/α-hetero) is 2. The van der Waals surface area contributed by atoms with Gasteiger partial charge >= 0.3 is 12.4 Å². The van der Waals surface area contributed by atoms with Crippen LogP contribution in [0.4, 0.5) is 26.3 Å². The first-order chi connectivity index (χ1) is 9.70. The van der Waals surface area contributed by atoms with Crippen molar-refractivity contribution in [3.8, 4) is 0 Å². The van der Waals surface area contributed by atoms with Gasteiger partial charge in [-0.15, -0.1) is 0 Å². The maximum Gasteiger partial charge on any atom is 0.452 e. The predicted octanol–water partition coefficient (Wildman–Crippen LogP) is 2.27. The van der Waals surface area contributed by atoms with Crippen LogP contribution in [0.5, 0.6) is 0 Å². The molecule has 10 heteroatoms. The SMILES string of the molecule is CC(C)(C(=O)N1CCCC1C(=O)C(F)(F)F)C(=O)C(F)(F)F. The minimum Gasteiger partial charge on any atom is -0.331 e. The number of hydrogen-bond acceptors (Lipinski definition) is 3. The number of alkyl halides is 6. The van der Waals surface area contributed by atoms with E-state index in [-0.39, 0.29) is 19.4 Å². The van der Waals surface area contributed by atoms with Crippen molar-refractivity contribution in [2.24, 2.45) is 5.41 Å². The Morgan fingerprint density at radius 1 is 0.955 bits per heavy atom. The quantitative estimate of drug-likeness (QED) is 0.588. The van der Waals surface area contributed by atoms with Crippen molar-refractivity contribution in [1.82, 2.24) is 4.90 Å². The lowest BCUT2D eigenvalue weighted by Gasteiger charge is -2.32. The molecule has 0 saturated carbocycles. The third-order valence-electron chi connectivity index (χ3n) is 3.46. The van der Waals surface area contributed by atoms with Gasteiger partial charge in [0.25, 0.3) is 11.6 Å². The van der Waals surface area contributed by atoms with Gasteiger partial charge in [-0.2, -0.15) is 26.3 Å². The molecule has 1 aliphatic heterocycles. The zero-order chi connectivity index (χ0) is 17.5. The summed E-state index contributed by atoms with van der Waals surface area (Å²) in [6.45, 7) is 1.05. The lowest BCUT2D eigenvalue weighted by Crippen LogP contribution is -2.54. The number of rotatable bonds is 3. The molecule has 0 bridgehead atoms. The number of carbonyl (C=O) groups is 3. The van der Waals surface area contributed by atoms with Crippen LogP contribution in [-0.2, 0) is 14.4 Å². The van der Waals surface area contributed by atoms with Crippen LogP contribution in [0.25, 0.3) is 0 Å². The van der Waals surface area contributed by atoms with E-state index in [9.17, 15) is 40.7 Å². The number of ketones is 2. The van der Waals surface area contributed by atoms with Crippen molar-refractivity contribution in [2.75, 3.05) is 6.54 Å². The van der Waals surface area contributed by atoms with E-state index in [1.165, 1.54) is 0 Å². The van der Waals surface area contributed by atoms with Gasteiger partial charge in [0.05, 0.1) is 6.04 Å². The van der Waals surface area contributed by atoms with Crippen LogP contribution in [0.1, 0.15) is 26.7 Å². The summed E-state index contributed by atoms with van der Waals surface area (Å²) in [6, 6.07) is -1.88.